The zero-order chi connectivity index (χ0) is 41.4. The normalized spacial score (nSPS) is 11.8. The predicted octanol–water partition coefficient (Wildman–Crippen LogP) is 15.7. The highest BCUT2D eigenvalue weighted by Gasteiger charge is 2.16. The SMILES string of the molecule is c1ccc2c(c1)sc1ccc(-c3ccc(-c4cc(-c5ccc(-n6c7ccccc7c7ccccc76)cc5)nc(-c5ccc(-n6c7ccccc7c7ccccc76)cc5)n4)cc3)cc12. The van der Waals surface area contributed by atoms with Gasteiger partial charge in [-0.25, -0.2) is 9.97 Å². The van der Waals surface area contributed by atoms with Gasteiger partial charge in [0.1, 0.15) is 0 Å². The molecule has 0 fully saturated rings. The van der Waals surface area contributed by atoms with E-state index in [0.29, 0.717) is 5.82 Å². The van der Waals surface area contributed by atoms with Gasteiger partial charge < -0.3 is 9.13 Å². The second-order valence-electron chi connectivity index (χ2n) is 16.2. The molecule has 5 heteroatoms. The maximum Gasteiger partial charge on any atom is 0.160 e. The Morgan fingerprint density at radius 3 is 1.17 bits per heavy atom. The van der Waals surface area contributed by atoms with Crippen molar-refractivity contribution in [3.05, 3.63) is 218 Å². The van der Waals surface area contributed by atoms with Crippen molar-refractivity contribution in [1.82, 2.24) is 19.1 Å². The van der Waals surface area contributed by atoms with Crippen molar-refractivity contribution in [2.75, 3.05) is 0 Å². The van der Waals surface area contributed by atoms with Gasteiger partial charge in [-0.2, -0.15) is 0 Å². The highest BCUT2D eigenvalue weighted by Crippen LogP contribution is 2.38. The summed E-state index contributed by atoms with van der Waals surface area (Å²) in [6, 6.07) is 78.4. The van der Waals surface area contributed by atoms with E-state index in [2.05, 4.69) is 228 Å². The number of rotatable bonds is 6. The molecule has 0 spiro atoms. The van der Waals surface area contributed by atoms with Crippen molar-refractivity contribution in [1.29, 1.82) is 0 Å². The van der Waals surface area contributed by atoms with Crippen LogP contribution in [-0.4, -0.2) is 19.1 Å². The molecule has 0 saturated heterocycles. The Morgan fingerprint density at radius 2 is 0.667 bits per heavy atom. The quantitative estimate of drug-likeness (QED) is 0.167. The lowest BCUT2D eigenvalue weighted by atomic mass is 10.00. The molecule has 0 aliphatic carbocycles. The highest BCUT2D eigenvalue weighted by molar-refractivity contribution is 7.25. The largest absolute Gasteiger partial charge is 0.309 e. The van der Waals surface area contributed by atoms with Gasteiger partial charge in [0.2, 0.25) is 0 Å². The summed E-state index contributed by atoms with van der Waals surface area (Å²) < 4.78 is 7.32. The van der Waals surface area contributed by atoms with Crippen LogP contribution < -0.4 is 0 Å². The third-order valence-corrected chi connectivity index (χ3v) is 13.7. The lowest BCUT2D eigenvalue weighted by Gasteiger charge is -2.13. The molecule has 13 aromatic rings. The van der Waals surface area contributed by atoms with Gasteiger partial charge in [-0.15, -0.1) is 11.3 Å². The van der Waals surface area contributed by atoms with Crippen molar-refractivity contribution < 1.29 is 0 Å². The fourth-order valence-corrected chi connectivity index (χ4v) is 10.6. The van der Waals surface area contributed by atoms with Crippen LogP contribution in [0.25, 0.3) is 120 Å². The first-order valence-corrected chi connectivity index (χ1v) is 22.1. The predicted molar refractivity (Wildman–Crippen MR) is 265 cm³/mol. The first-order valence-electron chi connectivity index (χ1n) is 21.3. The first-order chi connectivity index (χ1) is 31.2. The van der Waals surface area contributed by atoms with E-state index in [0.717, 1.165) is 39.5 Å². The molecule has 0 saturated carbocycles. The highest BCUT2D eigenvalue weighted by atomic mass is 32.1. The van der Waals surface area contributed by atoms with E-state index in [-0.39, 0.29) is 0 Å². The molecule has 0 unspecified atom stereocenters. The summed E-state index contributed by atoms with van der Waals surface area (Å²) in [4.78, 5) is 10.5. The summed E-state index contributed by atoms with van der Waals surface area (Å²) >= 11 is 1.85. The van der Waals surface area contributed by atoms with Crippen LogP contribution in [0.4, 0.5) is 0 Å². The molecule has 0 radical (unpaired) electrons. The maximum absolute atomic E-state index is 5.27. The van der Waals surface area contributed by atoms with Crippen LogP contribution in [0.1, 0.15) is 0 Å². The third kappa shape index (κ3) is 5.82. The van der Waals surface area contributed by atoms with E-state index in [1.807, 2.05) is 11.3 Å². The molecule has 0 bridgehead atoms. The summed E-state index contributed by atoms with van der Waals surface area (Å²) in [5.74, 6) is 0.682. The first kappa shape index (κ1) is 35.6. The molecule has 0 N–H and O–H groups in total. The number of para-hydroxylation sites is 4. The summed E-state index contributed by atoms with van der Waals surface area (Å²) in [5.41, 5.74) is 14.1. The summed E-state index contributed by atoms with van der Waals surface area (Å²) in [7, 11) is 0. The zero-order valence-corrected chi connectivity index (χ0v) is 34.8. The molecule has 0 amide bonds. The van der Waals surface area contributed by atoms with Gasteiger partial charge in [0, 0.05) is 69.8 Å². The standard InChI is InChI=1S/C58H36N4S/c1-6-16-52-44(11-1)45-12-2-7-17-53(45)61(52)42-30-25-39(26-31-42)51-36-50(38-23-21-37(22-24-38)41-29-34-57-49(35-41)48-15-5-10-20-56(48)63-57)59-58(60-51)40-27-32-43(33-28-40)62-54-18-8-3-13-46(54)47-14-4-9-19-55(47)62/h1-36H. The molecule has 0 atom stereocenters. The summed E-state index contributed by atoms with van der Waals surface area (Å²) in [5, 5.41) is 7.59. The van der Waals surface area contributed by atoms with Gasteiger partial charge in [0.25, 0.3) is 0 Å². The second kappa shape index (κ2) is 14.2. The molecule has 0 aliphatic rings. The van der Waals surface area contributed by atoms with Crippen molar-refractivity contribution in [2.24, 2.45) is 0 Å². The summed E-state index contributed by atoms with van der Waals surface area (Å²) in [6.45, 7) is 0. The van der Waals surface area contributed by atoms with Crippen LogP contribution in [0.3, 0.4) is 0 Å². The Bertz CT molecular complexity index is 3610. The number of fused-ring (bicyclic) bond motifs is 9. The molecule has 4 heterocycles. The number of hydrogen-bond acceptors (Lipinski definition) is 3. The van der Waals surface area contributed by atoms with Crippen LogP contribution in [0.15, 0.2) is 218 Å². The van der Waals surface area contributed by atoms with Gasteiger partial charge in [-0.05, 0) is 96.1 Å². The van der Waals surface area contributed by atoms with E-state index >= 15 is 0 Å². The Labute approximate surface area is 367 Å². The zero-order valence-electron chi connectivity index (χ0n) is 34.0. The van der Waals surface area contributed by atoms with E-state index in [9.17, 15) is 0 Å². The Kier molecular flexibility index (Phi) is 8.05. The van der Waals surface area contributed by atoms with Gasteiger partial charge in [-0.3, -0.25) is 0 Å². The fourth-order valence-electron chi connectivity index (χ4n) is 9.55. The second-order valence-corrected chi connectivity index (χ2v) is 17.3. The van der Waals surface area contributed by atoms with E-state index in [1.54, 1.807) is 0 Å². The van der Waals surface area contributed by atoms with E-state index in [1.165, 1.54) is 74.9 Å². The molecular weight excluding hydrogens is 785 g/mol. The Hall–Kier alpha value is -8.12. The molecule has 294 valence electrons. The number of hydrogen-bond donors (Lipinski definition) is 0. The number of thiophene rings is 1. The van der Waals surface area contributed by atoms with Crippen LogP contribution in [0, 0.1) is 0 Å². The lowest BCUT2D eigenvalue weighted by molar-refractivity contribution is 1.16. The molecule has 4 nitrogen and oxygen atoms in total. The molecular formula is C58H36N4S. The van der Waals surface area contributed by atoms with Crippen LogP contribution in [-0.2, 0) is 0 Å². The Morgan fingerprint density at radius 1 is 0.286 bits per heavy atom. The number of nitrogens with zero attached hydrogens (tertiary/aromatic N) is 4. The van der Waals surface area contributed by atoms with Gasteiger partial charge in [0.05, 0.1) is 33.5 Å². The monoisotopic (exact) mass is 820 g/mol. The average Bonchev–Trinajstić information content (AvgIpc) is 4.02. The minimum absolute atomic E-state index is 0.682. The number of benzene rings is 9. The lowest BCUT2D eigenvalue weighted by Crippen LogP contribution is -1.98. The van der Waals surface area contributed by atoms with Crippen LogP contribution >= 0.6 is 11.3 Å². The number of aromatic nitrogens is 4. The molecule has 4 aromatic heterocycles. The van der Waals surface area contributed by atoms with Gasteiger partial charge in [-0.1, -0.05) is 133 Å². The fraction of sp³-hybridized carbons (Fsp3) is 0. The minimum atomic E-state index is 0.682. The third-order valence-electron chi connectivity index (χ3n) is 12.6. The topological polar surface area (TPSA) is 35.6 Å². The average molecular weight is 821 g/mol. The van der Waals surface area contributed by atoms with Crippen molar-refractivity contribution >= 4 is 75.1 Å². The Balaban J connectivity index is 0.913. The molecule has 13 rings (SSSR count). The van der Waals surface area contributed by atoms with Crippen molar-refractivity contribution in [3.8, 4) is 56.4 Å². The van der Waals surface area contributed by atoms with E-state index < -0.39 is 0 Å². The van der Waals surface area contributed by atoms with Gasteiger partial charge in [0.15, 0.2) is 5.82 Å². The van der Waals surface area contributed by atoms with E-state index in [4.69, 9.17) is 9.97 Å². The van der Waals surface area contributed by atoms with Crippen molar-refractivity contribution in [2.45, 2.75) is 0 Å². The van der Waals surface area contributed by atoms with Crippen LogP contribution in [0.5, 0.6) is 0 Å². The van der Waals surface area contributed by atoms with Gasteiger partial charge >= 0.3 is 0 Å². The van der Waals surface area contributed by atoms with Crippen LogP contribution in [0.2, 0.25) is 0 Å². The van der Waals surface area contributed by atoms with Crippen molar-refractivity contribution in [3.63, 3.8) is 0 Å². The summed E-state index contributed by atoms with van der Waals surface area (Å²) in [6.07, 6.45) is 0. The molecule has 0 aliphatic heterocycles. The smallest absolute Gasteiger partial charge is 0.160 e. The molecule has 9 aromatic carbocycles. The molecule has 63 heavy (non-hydrogen) atoms. The minimum Gasteiger partial charge on any atom is -0.309 e. The maximum atomic E-state index is 5.27.